The van der Waals surface area contributed by atoms with Crippen LogP contribution in [0.15, 0.2) is 24.3 Å². The molecule has 3 aliphatic rings. The Morgan fingerprint density at radius 1 is 1.18 bits per heavy atom. The molecular weight excluding hydrogens is 276 g/mol. The van der Waals surface area contributed by atoms with Gasteiger partial charge in [0.25, 0.3) is 0 Å². The smallest absolute Gasteiger partial charge is 0.228 e. The molecular formula is C18H22N2O2. The number of amides is 2. The highest BCUT2D eigenvalue weighted by Gasteiger charge is 2.39. The van der Waals surface area contributed by atoms with Crippen molar-refractivity contribution in [3.63, 3.8) is 0 Å². The fourth-order valence-electron chi connectivity index (χ4n) is 3.67. The number of hydrogen-bond acceptors (Lipinski definition) is 2. The fourth-order valence-corrected chi connectivity index (χ4v) is 3.67. The standard InChI is InChI=1S/C18H22N2O2/c21-17-9-16(12-20(17)10-13-5-6-13)18(22)19-8-7-14-3-1-2-4-15(14)11-19/h1-4,13,16H,5-12H2. The van der Waals surface area contributed by atoms with Gasteiger partial charge in [0.1, 0.15) is 0 Å². The second-order valence-corrected chi connectivity index (χ2v) is 6.92. The third kappa shape index (κ3) is 2.62. The molecule has 1 aromatic carbocycles. The van der Waals surface area contributed by atoms with Crippen LogP contribution in [0.1, 0.15) is 30.4 Å². The van der Waals surface area contributed by atoms with E-state index < -0.39 is 0 Å². The minimum Gasteiger partial charge on any atom is -0.342 e. The summed E-state index contributed by atoms with van der Waals surface area (Å²) in [6, 6.07) is 8.34. The predicted octanol–water partition coefficient (Wildman–Crippen LogP) is 1.83. The van der Waals surface area contributed by atoms with E-state index in [0.29, 0.717) is 25.4 Å². The van der Waals surface area contributed by atoms with Gasteiger partial charge >= 0.3 is 0 Å². The molecule has 1 unspecified atom stereocenters. The Morgan fingerprint density at radius 3 is 2.73 bits per heavy atom. The summed E-state index contributed by atoms with van der Waals surface area (Å²) in [6.07, 6.45) is 3.81. The lowest BCUT2D eigenvalue weighted by Gasteiger charge is -2.30. The highest BCUT2D eigenvalue weighted by molar-refractivity contribution is 5.89. The van der Waals surface area contributed by atoms with Crippen molar-refractivity contribution in [1.82, 2.24) is 9.80 Å². The molecule has 2 heterocycles. The average Bonchev–Trinajstić information content (AvgIpc) is 3.29. The minimum absolute atomic E-state index is 0.128. The number of benzene rings is 1. The fraction of sp³-hybridized carbons (Fsp3) is 0.556. The van der Waals surface area contributed by atoms with Gasteiger partial charge in [-0.3, -0.25) is 9.59 Å². The van der Waals surface area contributed by atoms with Crippen molar-refractivity contribution < 1.29 is 9.59 Å². The van der Waals surface area contributed by atoms with Crippen LogP contribution in [0.25, 0.3) is 0 Å². The molecule has 0 aromatic heterocycles. The van der Waals surface area contributed by atoms with E-state index >= 15 is 0 Å². The third-order valence-electron chi connectivity index (χ3n) is 5.18. The maximum atomic E-state index is 12.7. The molecule has 4 rings (SSSR count). The van der Waals surface area contributed by atoms with Gasteiger partial charge in [0.15, 0.2) is 0 Å². The van der Waals surface area contributed by atoms with Crippen molar-refractivity contribution in [3.05, 3.63) is 35.4 Å². The molecule has 4 nitrogen and oxygen atoms in total. The summed E-state index contributed by atoms with van der Waals surface area (Å²) >= 11 is 0. The Hall–Kier alpha value is -1.84. The molecule has 4 heteroatoms. The maximum Gasteiger partial charge on any atom is 0.228 e. The van der Waals surface area contributed by atoms with Crippen LogP contribution in [0.3, 0.4) is 0 Å². The first-order valence-electron chi connectivity index (χ1n) is 8.34. The van der Waals surface area contributed by atoms with Gasteiger partial charge in [-0.25, -0.2) is 0 Å². The van der Waals surface area contributed by atoms with Gasteiger partial charge in [0, 0.05) is 32.6 Å². The SMILES string of the molecule is O=C1CC(C(=O)N2CCc3ccccc3C2)CN1CC1CC1. The van der Waals surface area contributed by atoms with Crippen LogP contribution in [0.2, 0.25) is 0 Å². The number of fused-ring (bicyclic) bond motifs is 1. The second kappa shape index (κ2) is 5.41. The van der Waals surface area contributed by atoms with E-state index in [-0.39, 0.29) is 17.7 Å². The molecule has 0 N–H and O–H groups in total. The zero-order chi connectivity index (χ0) is 15.1. The Kier molecular flexibility index (Phi) is 3.40. The number of nitrogens with zero attached hydrogens (tertiary/aromatic N) is 2. The Balaban J connectivity index is 1.41. The maximum absolute atomic E-state index is 12.7. The normalized spacial score (nSPS) is 24.5. The van der Waals surface area contributed by atoms with Crippen LogP contribution in [0, 0.1) is 11.8 Å². The van der Waals surface area contributed by atoms with Gasteiger partial charge in [0.05, 0.1) is 5.92 Å². The molecule has 2 aliphatic heterocycles. The van der Waals surface area contributed by atoms with Gasteiger partial charge in [-0.15, -0.1) is 0 Å². The monoisotopic (exact) mass is 298 g/mol. The molecule has 116 valence electrons. The van der Waals surface area contributed by atoms with Crippen molar-refractivity contribution in [2.75, 3.05) is 19.6 Å². The van der Waals surface area contributed by atoms with Crippen LogP contribution >= 0.6 is 0 Å². The topological polar surface area (TPSA) is 40.6 Å². The van der Waals surface area contributed by atoms with Gasteiger partial charge < -0.3 is 9.80 Å². The zero-order valence-electron chi connectivity index (χ0n) is 12.8. The van der Waals surface area contributed by atoms with E-state index in [9.17, 15) is 9.59 Å². The van der Waals surface area contributed by atoms with E-state index in [1.54, 1.807) is 0 Å². The molecule has 2 amide bonds. The van der Waals surface area contributed by atoms with E-state index in [0.717, 1.165) is 19.5 Å². The largest absolute Gasteiger partial charge is 0.342 e. The van der Waals surface area contributed by atoms with Crippen LogP contribution in [0.4, 0.5) is 0 Å². The molecule has 2 fully saturated rings. The first-order chi connectivity index (χ1) is 10.7. The number of rotatable bonds is 3. The number of carbonyl (C=O) groups is 2. The summed E-state index contributed by atoms with van der Waals surface area (Å²) in [7, 11) is 0. The van der Waals surface area contributed by atoms with Crippen molar-refractivity contribution in [1.29, 1.82) is 0 Å². The Morgan fingerprint density at radius 2 is 1.95 bits per heavy atom. The summed E-state index contributed by atoms with van der Waals surface area (Å²) in [6.45, 7) is 2.98. The second-order valence-electron chi connectivity index (χ2n) is 6.92. The molecule has 1 saturated carbocycles. The average molecular weight is 298 g/mol. The predicted molar refractivity (Wildman–Crippen MR) is 83.0 cm³/mol. The minimum atomic E-state index is -0.128. The van der Waals surface area contributed by atoms with Gasteiger partial charge in [-0.05, 0) is 36.3 Å². The summed E-state index contributed by atoms with van der Waals surface area (Å²) in [5.74, 6) is 0.903. The lowest BCUT2D eigenvalue weighted by atomic mass is 9.98. The van der Waals surface area contributed by atoms with Crippen LogP contribution in [0.5, 0.6) is 0 Å². The number of hydrogen-bond donors (Lipinski definition) is 0. The van der Waals surface area contributed by atoms with Gasteiger partial charge in [-0.2, -0.15) is 0 Å². The first kappa shape index (κ1) is 13.8. The summed E-state index contributed by atoms with van der Waals surface area (Å²) < 4.78 is 0. The molecule has 1 saturated heterocycles. The highest BCUT2D eigenvalue weighted by atomic mass is 16.2. The molecule has 1 aliphatic carbocycles. The molecule has 1 atom stereocenters. The quantitative estimate of drug-likeness (QED) is 0.854. The Labute approximate surface area is 131 Å². The lowest BCUT2D eigenvalue weighted by Crippen LogP contribution is -2.40. The summed E-state index contributed by atoms with van der Waals surface area (Å²) in [5, 5.41) is 0. The molecule has 1 aromatic rings. The van der Waals surface area contributed by atoms with Crippen molar-refractivity contribution in [2.24, 2.45) is 11.8 Å². The van der Waals surface area contributed by atoms with Crippen LogP contribution < -0.4 is 0 Å². The zero-order valence-corrected chi connectivity index (χ0v) is 12.8. The summed E-state index contributed by atoms with van der Waals surface area (Å²) in [4.78, 5) is 28.7. The Bertz CT molecular complexity index is 609. The van der Waals surface area contributed by atoms with E-state index in [1.165, 1.54) is 24.0 Å². The molecule has 0 spiro atoms. The molecule has 0 radical (unpaired) electrons. The lowest BCUT2D eigenvalue weighted by molar-refractivity contribution is -0.136. The number of likely N-dealkylation sites (tertiary alicyclic amines) is 1. The highest BCUT2D eigenvalue weighted by Crippen LogP contribution is 2.32. The van der Waals surface area contributed by atoms with Crippen LogP contribution in [-0.2, 0) is 22.6 Å². The van der Waals surface area contributed by atoms with Crippen molar-refractivity contribution in [2.45, 2.75) is 32.2 Å². The summed E-state index contributed by atoms with van der Waals surface area (Å²) in [5.41, 5.74) is 2.60. The number of carbonyl (C=O) groups excluding carboxylic acids is 2. The molecule has 22 heavy (non-hydrogen) atoms. The van der Waals surface area contributed by atoms with Gasteiger partial charge in [-0.1, -0.05) is 24.3 Å². The third-order valence-corrected chi connectivity index (χ3v) is 5.18. The van der Waals surface area contributed by atoms with Gasteiger partial charge in [0.2, 0.25) is 11.8 Å². The van der Waals surface area contributed by atoms with E-state index in [4.69, 9.17) is 0 Å². The van der Waals surface area contributed by atoms with Crippen LogP contribution in [-0.4, -0.2) is 41.2 Å². The molecule has 0 bridgehead atoms. The van der Waals surface area contributed by atoms with Crippen molar-refractivity contribution >= 4 is 11.8 Å². The van der Waals surface area contributed by atoms with Crippen molar-refractivity contribution in [3.8, 4) is 0 Å². The first-order valence-corrected chi connectivity index (χ1v) is 8.34. The van der Waals surface area contributed by atoms with E-state index in [2.05, 4.69) is 18.2 Å². The van der Waals surface area contributed by atoms with E-state index in [1.807, 2.05) is 15.9 Å².